The van der Waals surface area contributed by atoms with Crippen molar-refractivity contribution >= 4 is 72.1 Å². The zero-order chi connectivity index (χ0) is 12.6. The fraction of sp³-hybridized carbons (Fsp3) is 0. The first-order chi connectivity index (χ1) is 7.97. The molecule has 2 rings (SSSR count). The van der Waals surface area contributed by atoms with Gasteiger partial charge in [0.15, 0.2) is 0 Å². The summed E-state index contributed by atoms with van der Waals surface area (Å²) in [5.74, 6) is -0.0634. The van der Waals surface area contributed by atoms with Gasteiger partial charge in [-0.3, -0.25) is 4.79 Å². The first kappa shape index (κ1) is 13.1. The number of hydrogen-bond acceptors (Lipinski definition) is 4. The monoisotopic (exact) mass is 393 g/mol. The standard InChI is InChI=1S/C10H5Br2NO2S2/c11-5-1-4(2-6(12)8(5)14)3-7-9(15)13-10(16)17-7/h1-3,14H,(H,13,15,16). The van der Waals surface area contributed by atoms with Crippen molar-refractivity contribution in [1.29, 1.82) is 0 Å². The van der Waals surface area contributed by atoms with E-state index in [1.165, 1.54) is 11.8 Å². The van der Waals surface area contributed by atoms with Gasteiger partial charge in [-0.1, -0.05) is 24.0 Å². The van der Waals surface area contributed by atoms with E-state index in [0.717, 1.165) is 5.56 Å². The Bertz CT molecular complexity index is 534. The second-order valence-electron chi connectivity index (χ2n) is 3.19. The van der Waals surface area contributed by atoms with Crippen molar-refractivity contribution in [3.8, 4) is 5.75 Å². The first-order valence-corrected chi connectivity index (χ1v) is 7.21. The van der Waals surface area contributed by atoms with Gasteiger partial charge in [0.2, 0.25) is 0 Å². The summed E-state index contributed by atoms with van der Waals surface area (Å²) in [5.41, 5.74) is 0.795. The Morgan fingerprint density at radius 1 is 1.35 bits per heavy atom. The minimum Gasteiger partial charge on any atom is -0.506 e. The van der Waals surface area contributed by atoms with Gasteiger partial charge in [0.1, 0.15) is 10.1 Å². The average Bonchev–Trinajstić information content (AvgIpc) is 2.54. The quantitative estimate of drug-likeness (QED) is 0.566. The van der Waals surface area contributed by atoms with E-state index in [-0.39, 0.29) is 11.7 Å². The van der Waals surface area contributed by atoms with Gasteiger partial charge in [0.05, 0.1) is 13.9 Å². The number of amides is 1. The van der Waals surface area contributed by atoms with Crippen LogP contribution < -0.4 is 5.32 Å². The summed E-state index contributed by atoms with van der Waals surface area (Å²) in [5, 5.41) is 12.1. The number of benzene rings is 1. The highest BCUT2D eigenvalue weighted by Crippen LogP contribution is 2.35. The molecule has 0 radical (unpaired) electrons. The van der Waals surface area contributed by atoms with Crippen molar-refractivity contribution < 1.29 is 9.90 Å². The lowest BCUT2D eigenvalue weighted by Gasteiger charge is -2.02. The van der Waals surface area contributed by atoms with Crippen LogP contribution in [0, 0.1) is 0 Å². The van der Waals surface area contributed by atoms with Crippen LogP contribution in [0.15, 0.2) is 26.0 Å². The molecule has 0 bridgehead atoms. The Labute approximate surface area is 124 Å². The van der Waals surface area contributed by atoms with Gasteiger partial charge < -0.3 is 10.4 Å². The zero-order valence-electron chi connectivity index (χ0n) is 8.16. The number of carbonyl (C=O) groups excluding carboxylic acids is 1. The van der Waals surface area contributed by atoms with Gasteiger partial charge in [0, 0.05) is 0 Å². The molecule has 1 amide bonds. The lowest BCUT2D eigenvalue weighted by molar-refractivity contribution is -0.115. The molecule has 2 N–H and O–H groups in total. The molecular weight excluding hydrogens is 390 g/mol. The molecule has 0 aromatic heterocycles. The second-order valence-corrected chi connectivity index (χ2v) is 6.61. The van der Waals surface area contributed by atoms with Crippen LogP contribution in [-0.2, 0) is 4.79 Å². The fourth-order valence-electron chi connectivity index (χ4n) is 1.24. The molecule has 7 heteroatoms. The van der Waals surface area contributed by atoms with Gasteiger partial charge in [-0.05, 0) is 55.6 Å². The SMILES string of the molecule is O=C1NC(=S)SC1=Cc1cc(Br)c(O)c(Br)c1. The van der Waals surface area contributed by atoms with Gasteiger partial charge >= 0.3 is 0 Å². The minimum atomic E-state index is -0.194. The molecule has 0 unspecified atom stereocenters. The summed E-state index contributed by atoms with van der Waals surface area (Å²) in [7, 11) is 0. The van der Waals surface area contributed by atoms with Gasteiger partial charge in [0.25, 0.3) is 5.91 Å². The smallest absolute Gasteiger partial charge is 0.263 e. The molecule has 1 heterocycles. The lowest BCUT2D eigenvalue weighted by Crippen LogP contribution is -2.17. The molecule has 17 heavy (non-hydrogen) atoms. The van der Waals surface area contributed by atoms with Crippen molar-refractivity contribution in [2.24, 2.45) is 0 Å². The molecule has 0 spiro atoms. The van der Waals surface area contributed by atoms with Crippen LogP contribution in [-0.4, -0.2) is 15.3 Å². The van der Waals surface area contributed by atoms with Crippen LogP contribution in [0.4, 0.5) is 0 Å². The highest BCUT2D eigenvalue weighted by molar-refractivity contribution is 9.11. The molecule has 0 saturated carbocycles. The van der Waals surface area contributed by atoms with Crippen molar-refractivity contribution in [1.82, 2.24) is 5.32 Å². The van der Waals surface area contributed by atoms with Gasteiger partial charge in [-0.15, -0.1) is 0 Å². The minimum absolute atomic E-state index is 0.131. The summed E-state index contributed by atoms with van der Waals surface area (Å²) < 4.78 is 1.58. The molecule has 1 aliphatic heterocycles. The molecule has 1 aliphatic rings. The maximum absolute atomic E-state index is 11.5. The van der Waals surface area contributed by atoms with Gasteiger partial charge in [-0.2, -0.15) is 0 Å². The number of rotatable bonds is 1. The van der Waals surface area contributed by atoms with Crippen molar-refractivity contribution in [2.75, 3.05) is 0 Å². The Hall–Kier alpha value is -0.370. The number of halogens is 2. The highest BCUT2D eigenvalue weighted by Gasteiger charge is 2.22. The van der Waals surface area contributed by atoms with E-state index in [2.05, 4.69) is 37.2 Å². The number of nitrogens with one attached hydrogen (secondary N) is 1. The topological polar surface area (TPSA) is 49.3 Å². The van der Waals surface area contributed by atoms with E-state index in [4.69, 9.17) is 12.2 Å². The first-order valence-electron chi connectivity index (χ1n) is 4.40. The summed E-state index contributed by atoms with van der Waals surface area (Å²) >= 11 is 12.6. The Morgan fingerprint density at radius 3 is 2.41 bits per heavy atom. The van der Waals surface area contributed by atoms with Crippen molar-refractivity contribution in [3.63, 3.8) is 0 Å². The number of aromatic hydroxyl groups is 1. The maximum atomic E-state index is 11.5. The third-order valence-corrected chi connectivity index (χ3v) is 4.35. The third kappa shape index (κ3) is 2.90. The largest absolute Gasteiger partial charge is 0.506 e. The number of thioether (sulfide) groups is 1. The molecule has 1 saturated heterocycles. The van der Waals surface area contributed by atoms with Gasteiger partial charge in [-0.25, -0.2) is 0 Å². The van der Waals surface area contributed by atoms with Crippen LogP contribution in [0.3, 0.4) is 0 Å². The number of hydrogen-bond donors (Lipinski definition) is 2. The van der Waals surface area contributed by atoms with E-state index in [1.54, 1.807) is 18.2 Å². The summed E-state index contributed by atoms with van der Waals surface area (Å²) in [6, 6.07) is 3.45. The van der Waals surface area contributed by atoms with E-state index in [9.17, 15) is 9.90 Å². The number of phenolic OH excluding ortho intramolecular Hbond substituents is 1. The molecular formula is C10H5Br2NO2S2. The molecule has 0 aliphatic carbocycles. The number of thiocarbonyl (C=S) groups is 1. The molecule has 1 aromatic rings. The molecule has 88 valence electrons. The van der Waals surface area contributed by atoms with E-state index in [1.807, 2.05) is 0 Å². The van der Waals surface area contributed by atoms with Crippen LogP contribution in [0.1, 0.15) is 5.56 Å². The summed E-state index contributed by atoms with van der Waals surface area (Å²) in [4.78, 5) is 12.0. The van der Waals surface area contributed by atoms with Crippen molar-refractivity contribution in [2.45, 2.75) is 0 Å². The molecule has 3 nitrogen and oxygen atoms in total. The fourth-order valence-corrected chi connectivity index (χ4v) is 3.51. The highest BCUT2D eigenvalue weighted by atomic mass is 79.9. The molecule has 0 atom stereocenters. The number of carbonyl (C=O) groups is 1. The Morgan fingerprint density at radius 2 is 1.94 bits per heavy atom. The number of phenols is 1. The van der Waals surface area contributed by atoms with E-state index < -0.39 is 0 Å². The van der Waals surface area contributed by atoms with E-state index >= 15 is 0 Å². The lowest BCUT2D eigenvalue weighted by atomic mass is 10.2. The Kier molecular flexibility index (Phi) is 3.92. The van der Waals surface area contributed by atoms with Crippen LogP contribution in [0.25, 0.3) is 6.08 Å². The summed E-state index contributed by atoms with van der Waals surface area (Å²) in [6.07, 6.45) is 1.72. The molecule has 1 fully saturated rings. The van der Waals surface area contributed by atoms with Crippen LogP contribution >= 0.6 is 55.8 Å². The van der Waals surface area contributed by atoms with E-state index in [0.29, 0.717) is 18.2 Å². The average molecular weight is 395 g/mol. The summed E-state index contributed by atoms with van der Waals surface area (Å²) in [6.45, 7) is 0. The van der Waals surface area contributed by atoms with Crippen LogP contribution in [0.5, 0.6) is 5.75 Å². The predicted octanol–water partition coefficient (Wildman–Crippen LogP) is 3.41. The zero-order valence-corrected chi connectivity index (χ0v) is 13.0. The third-order valence-electron chi connectivity index (χ3n) is 1.98. The second kappa shape index (κ2) is 5.09. The van der Waals surface area contributed by atoms with Crippen LogP contribution in [0.2, 0.25) is 0 Å². The maximum Gasteiger partial charge on any atom is 0.263 e. The Balaban J connectivity index is 2.40. The predicted molar refractivity (Wildman–Crippen MR) is 79.8 cm³/mol. The molecule has 1 aromatic carbocycles. The normalized spacial score (nSPS) is 17.6. The van der Waals surface area contributed by atoms with Crippen molar-refractivity contribution in [3.05, 3.63) is 31.5 Å².